The molecule has 0 aliphatic rings. The minimum Gasteiger partial charge on any atom is -0.508 e. The van der Waals surface area contributed by atoms with Crippen molar-refractivity contribution < 1.29 is 5.11 Å². The molecule has 1 heteroatoms. The zero-order valence-corrected chi connectivity index (χ0v) is 5.39. The summed E-state index contributed by atoms with van der Waals surface area (Å²) in [4.78, 5) is 0. The van der Waals surface area contributed by atoms with Crippen LogP contribution in [0.1, 0.15) is 11.1 Å². The highest BCUT2D eigenvalue weighted by Crippen LogP contribution is 2.13. The molecule has 9 heavy (non-hydrogen) atoms. The van der Waals surface area contributed by atoms with Crippen molar-refractivity contribution in [1.29, 1.82) is 0 Å². The summed E-state index contributed by atoms with van der Waals surface area (Å²) in [5.41, 5.74) is 1.99. The Bertz CT molecular complexity index is 216. The maximum atomic E-state index is 8.90. The number of phenolic OH excluding ortho intramolecular Hbond substituents is 1. The molecule has 0 aliphatic heterocycles. The summed E-state index contributed by atoms with van der Waals surface area (Å²) in [5, 5.41) is 8.90. The van der Waals surface area contributed by atoms with Crippen LogP contribution in [-0.2, 0) is 0 Å². The SMILES string of the molecule is [CH2]c1cc(O)ccc1C. The van der Waals surface area contributed by atoms with Crippen LogP contribution in [0.15, 0.2) is 18.2 Å². The Morgan fingerprint density at radius 2 is 2.11 bits per heavy atom. The van der Waals surface area contributed by atoms with Gasteiger partial charge in [0, 0.05) is 0 Å². The molecule has 1 N–H and O–H groups in total. The largest absolute Gasteiger partial charge is 0.508 e. The average molecular weight is 121 g/mol. The summed E-state index contributed by atoms with van der Waals surface area (Å²) in [6.07, 6.45) is 0. The van der Waals surface area contributed by atoms with Crippen LogP contribution in [0.2, 0.25) is 0 Å². The van der Waals surface area contributed by atoms with E-state index in [0.29, 0.717) is 0 Å². The van der Waals surface area contributed by atoms with Crippen LogP contribution in [0.3, 0.4) is 0 Å². The predicted molar refractivity (Wildman–Crippen MR) is 37.3 cm³/mol. The molecule has 1 nitrogen and oxygen atoms in total. The molecular weight excluding hydrogens is 112 g/mol. The molecule has 0 aromatic heterocycles. The number of rotatable bonds is 0. The van der Waals surface area contributed by atoms with E-state index in [4.69, 9.17) is 5.11 Å². The first-order valence-corrected chi connectivity index (χ1v) is 2.82. The van der Waals surface area contributed by atoms with Gasteiger partial charge in [0.05, 0.1) is 0 Å². The second kappa shape index (κ2) is 2.09. The van der Waals surface area contributed by atoms with Crippen molar-refractivity contribution in [3.63, 3.8) is 0 Å². The van der Waals surface area contributed by atoms with E-state index in [1.165, 1.54) is 0 Å². The van der Waals surface area contributed by atoms with Crippen LogP contribution in [-0.4, -0.2) is 5.11 Å². The van der Waals surface area contributed by atoms with Gasteiger partial charge < -0.3 is 5.11 Å². The Morgan fingerprint density at radius 3 is 2.56 bits per heavy atom. The van der Waals surface area contributed by atoms with E-state index in [2.05, 4.69) is 6.92 Å². The van der Waals surface area contributed by atoms with Gasteiger partial charge in [-0.2, -0.15) is 0 Å². The van der Waals surface area contributed by atoms with Gasteiger partial charge in [0.25, 0.3) is 0 Å². The number of phenols is 1. The van der Waals surface area contributed by atoms with Crippen molar-refractivity contribution in [1.82, 2.24) is 0 Å². The molecule has 0 spiro atoms. The highest BCUT2D eigenvalue weighted by atomic mass is 16.3. The van der Waals surface area contributed by atoms with Gasteiger partial charge in [-0.1, -0.05) is 6.07 Å². The van der Waals surface area contributed by atoms with Gasteiger partial charge in [0.2, 0.25) is 0 Å². The lowest BCUT2D eigenvalue weighted by atomic mass is 10.1. The summed E-state index contributed by atoms with van der Waals surface area (Å²) >= 11 is 0. The van der Waals surface area contributed by atoms with Gasteiger partial charge in [-0.25, -0.2) is 0 Å². The van der Waals surface area contributed by atoms with E-state index in [1.54, 1.807) is 12.1 Å². The molecule has 0 heterocycles. The van der Waals surface area contributed by atoms with Crippen LogP contribution >= 0.6 is 0 Å². The lowest BCUT2D eigenvalue weighted by molar-refractivity contribution is 0.475. The zero-order valence-electron chi connectivity index (χ0n) is 5.39. The Morgan fingerprint density at radius 1 is 1.44 bits per heavy atom. The highest BCUT2D eigenvalue weighted by molar-refractivity contribution is 5.35. The van der Waals surface area contributed by atoms with Crippen LogP contribution in [0, 0.1) is 13.8 Å². The molecule has 47 valence electrons. The molecule has 1 aromatic carbocycles. The van der Waals surface area contributed by atoms with E-state index < -0.39 is 0 Å². The monoisotopic (exact) mass is 121 g/mol. The lowest BCUT2D eigenvalue weighted by Crippen LogP contribution is -1.76. The van der Waals surface area contributed by atoms with Crippen LogP contribution in [0.5, 0.6) is 5.75 Å². The standard InChI is InChI=1S/C8H9O/c1-6-3-4-8(9)5-7(6)2/h3-5,9H,2H2,1H3. The second-order valence-corrected chi connectivity index (χ2v) is 2.11. The van der Waals surface area contributed by atoms with Gasteiger partial charge in [-0.3, -0.25) is 0 Å². The molecule has 0 saturated carbocycles. The fourth-order valence-electron chi connectivity index (χ4n) is 0.658. The molecule has 1 radical (unpaired) electrons. The van der Waals surface area contributed by atoms with Crippen molar-refractivity contribution in [3.05, 3.63) is 36.2 Å². The number of benzene rings is 1. The summed E-state index contributed by atoms with van der Waals surface area (Å²) in [6.45, 7) is 5.68. The first-order chi connectivity index (χ1) is 4.20. The quantitative estimate of drug-likeness (QED) is 0.555. The molecule has 0 bridgehead atoms. The third-order valence-corrected chi connectivity index (χ3v) is 1.33. The lowest BCUT2D eigenvalue weighted by Gasteiger charge is -1.97. The first-order valence-electron chi connectivity index (χ1n) is 2.82. The van der Waals surface area contributed by atoms with Crippen LogP contribution in [0.4, 0.5) is 0 Å². The van der Waals surface area contributed by atoms with E-state index >= 15 is 0 Å². The Kier molecular flexibility index (Phi) is 1.43. The van der Waals surface area contributed by atoms with Crippen LogP contribution < -0.4 is 0 Å². The van der Waals surface area contributed by atoms with Gasteiger partial charge in [0.1, 0.15) is 5.75 Å². The fraction of sp³-hybridized carbons (Fsp3) is 0.125. The van der Waals surface area contributed by atoms with Crippen molar-refractivity contribution in [2.45, 2.75) is 6.92 Å². The second-order valence-electron chi connectivity index (χ2n) is 2.11. The molecule has 0 atom stereocenters. The van der Waals surface area contributed by atoms with Crippen molar-refractivity contribution >= 4 is 0 Å². The third kappa shape index (κ3) is 1.22. The van der Waals surface area contributed by atoms with E-state index in [0.717, 1.165) is 11.1 Å². The van der Waals surface area contributed by atoms with Gasteiger partial charge in [-0.05, 0) is 37.1 Å². The molecule has 0 saturated heterocycles. The number of hydrogen-bond acceptors (Lipinski definition) is 1. The molecule has 0 unspecified atom stereocenters. The van der Waals surface area contributed by atoms with Crippen molar-refractivity contribution in [2.24, 2.45) is 0 Å². The number of aromatic hydroxyl groups is 1. The zero-order chi connectivity index (χ0) is 6.85. The maximum absolute atomic E-state index is 8.90. The van der Waals surface area contributed by atoms with E-state index in [-0.39, 0.29) is 5.75 Å². The molecule has 0 fully saturated rings. The molecule has 1 rings (SSSR count). The Labute approximate surface area is 55.0 Å². The first kappa shape index (κ1) is 6.14. The van der Waals surface area contributed by atoms with E-state index in [9.17, 15) is 0 Å². The minimum atomic E-state index is 0.283. The topological polar surface area (TPSA) is 20.2 Å². The number of aryl methyl sites for hydroxylation is 1. The Hall–Kier alpha value is -0.980. The molecule has 0 amide bonds. The highest BCUT2D eigenvalue weighted by Gasteiger charge is 1.91. The molecule has 1 aromatic rings. The van der Waals surface area contributed by atoms with Crippen molar-refractivity contribution in [3.8, 4) is 5.75 Å². The molecule has 0 aliphatic carbocycles. The fourth-order valence-corrected chi connectivity index (χ4v) is 0.658. The summed E-state index contributed by atoms with van der Waals surface area (Å²) < 4.78 is 0. The summed E-state index contributed by atoms with van der Waals surface area (Å²) in [7, 11) is 0. The van der Waals surface area contributed by atoms with Crippen LogP contribution in [0.25, 0.3) is 0 Å². The third-order valence-electron chi connectivity index (χ3n) is 1.33. The van der Waals surface area contributed by atoms with E-state index in [1.807, 2.05) is 13.0 Å². The van der Waals surface area contributed by atoms with Crippen molar-refractivity contribution in [2.75, 3.05) is 0 Å². The average Bonchev–Trinajstić information content (AvgIpc) is 1.80. The van der Waals surface area contributed by atoms with Gasteiger partial charge in [-0.15, -0.1) is 0 Å². The number of hydrogen-bond donors (Lipinski definition) is 1. The maximum Gasteiger partial charge on any atom is 0.115 e. The normalized spacial score (nSPS) is 9.56. The minimum absolute atomic E-state index is 0.283. The van der Waals surface area contributed by atoms with Gasteiger partial charge >= 0.3 is 0 Å². The summed E-state index contributed by atoms with van der Waals surface area (Å²) in [5.74, 6) is 0.283. The smallest absolute Gasteiger partial charge is 0.115 e. The van der Waals surface area contributed by atoms with Gasteiger partial charge in [0.15, 0.2) is 0 Å². The predicted octanol–water partition coefficient (Wildman–Crippen LogP) is 1.88. The summed E-state index contributed by atoms with van der Waals surface area (Å²) in [6, 6.07) is 5.15. The Balaban J connectivity index is 3.17. The molecular formula is C8H9O.